The molecule has 0 spiro atoms. The Bertz CT molecular complexity index is 445. The van der Waals surface area contributed by atoms with Gasteiger partial charge in [-0.15, -0.1) is 0 Å². The summed E-state index contributed by atoms with van der Waals surface area (Å²) in [6, 6.07) is 0.348. The molecule has 1 aromatic rings. The molecule has 112 valence electrons. The zero-order chi connectivity index (χ0) is 14.6. The van der Waals surface area contributed by atoms with Crippen molar-refractivity contribution in [1.29, 1.82) is 0 Å². The highest BCUT2D eigenvalue weighted by Gasteiger charge is 2.34. The average Bonchev–Trinajstić information content (AvgIpc) is 2.86. The normalized spacial score (nSPS) is 17.4. The van der Waals surface area contributed by atoms with Gasteiger partial charge in [-0.3, -0.25) is 0 Å². The molecule has 0 bridgehead atoms. The number of methoxy groups -OCH3 is 1. The van der Waals surface area contributed by atoms with Crippen LogP contribution in [0.25, 0.3) is 0 Å². The molecule has 5 heteroatoms. The van der Waals surface area contributed by atoms with E-state index in [4.69, 9.17) is 16.3 Å². The summed E-state index contributed by atoms with van der Waals surface area (Å²) in [5, 5.41) is 3.96. The molecule has 0 unspecified atom stereocenters. The van der Waals surface area contributed by atoms with Crippen LogP contribution in [0, 0.1) is 11.3 Å². The fraction of sp³-hybridized carbons (Fsp3) is 0.733. The third-order valence-electron chi connectivity index (χ3n) is 4.04. The van der Waals surface area contributed by atoms with Crippen molar-refractivity contribution in [2.45, 2.75) is 46.0 Å². The van der Waals surface area contributed by atoms with Crippen molar-refractivity contribution in [3.63, 3.8) is 0 Å². The van der Waals surface area contributed by atoms with E-state index in [1.165, 1.54) is 32.1 Å². The lowest BCUT2D eigenvalue weighted by molar-refractivity contribution is 0.252. The molecule has 1 aliphatic rings. The van der Waals surface area contributed by atoms with Gasteiger partial charge in [0.05, 0.1) is 13.3 Å². The Morgan fingerprint density at radius 3 is 2.70 bits per heavy atom. The summed E-state index contributed by atoms with van der Waals surface area (Å²) < 4.78 is 5.05. The molecule has 20 heavy (non-hydrogen) atoms. The number of rotatable bonds is 6. The van der Waals surface area contributed by atoms with Crippen molar-refractivity contribution in [3.8, 4) is 6.01 Å². The number of hydrogen-bond acceptors (Lipinski definition) is 4. The number of ether oxygens (including phenoxy) is 1. The Hall–Kier alpha value is -1.03. The maximum Gasteiger partial charge on any atom is 0.318 e. The summed E-state index contributed by atoms with van der Waals surface area (Å²) in [6.45, 7) is 5.51. The largest absolute Gasteiger partial charge is 0.467 e. The molecule has 1 saturated carbocycles. The number of halogens is 1. The molecule has 1 aromatic heterocycles. The second-order valence-corrected chi connectivity index (χ2v) is 6.62. The van der Waals surface area contributed by atoms with Crippen LogP contribution in [0.5, 0.6) is 6.01 Å². The van der Waals surface area contributed by atoms with Gasteiger partial charge >= 0.3 is 6.01 Å². The topological polar surface area (TPSA) is 47.0 Å². The van der Waals surface area contributed by atoms with E-state index >= 15 is 0 Å². The van der Waals surface area contributed by atoms with Gasteiger partial charge in [0.2, 0.25) is 0 Å². The van der Waals surface area contributed by atoms with Gasteiger partial charge in [0, 0.05) is 6.54 Å². The van der Waals surface area contributed by atoms with Crippen LogP contribution in [0.4, 0.5) is 5.82 Å². The molecule has 0 radical (unpaired) electrons. The molecule has 0 saturated heterocycles. The van der Waals surface area contributed by atoms with E-state index in [0.29, 0.717) is 28.2 Å². The minimum Gasteiger partial charge on any atom is -0.467 e. The van der Waals surface area contributed by atoms with Crippen molar-refractivity contribution in [1.82, 2.24) is 9.97 Å². The maximum atomic E-state index is 6.15. The molecular formula is C15H24ClN3O. The Labute approximate surface area is 126 Å². The summed E-state index contributed by atoms with van der Waals surface area (Å²) in [4.78, 5) is 8.28. The zero-order valence-electron chi connectivity index (χ0n) is 12.6. The van der Waals surface area contributed by atoms with Crippen LogP contribution in [-0.2, 0) is 0 Å². The van der Waals surface area contributed by atoms with Gasteiger partial charge < -0.3 is 10.1 Å². The summed E-state index contributed by atoms with van der Waals surface area (Å²) in [7, 11) is 1.56. The van der Waals surface area contributed by atoms with E-state index in [-0.39, 0.29) is 0 Å². The van der Waals surface area contributed by atoms with E-state index in [2.05, 4.69) is 29.1 Å². The van der Waals surface area contributed by atoms with Crippen LogP contribution < -0.4 is 10.1 Å². The summed E-state index contributed by atoms with van der Waals surface area (Å²) >= 11 is 6.15. The van der Waals surface area contributed by atoms with Gasteiger partial charge in [-0.05, 0) is 30.6 Å². The lowest BCUT2D eigenvalue weighted by atomic mass is 9.78. The van der Waals surface area contributed by atoms with Crippen molar-refractivity contribution < 1.29 is 4.74 Å². The number of hydrogen-bond donors (Lipinski definition) is 1. The van der Waals surface area contributed by atoms with E-state index < -0.39 is 0 Å². The van der Waals surface area contributed by atoms with Crippen LogP contribution in [0.3, 0.4) is 0 Å². The molecule has 1 aliphatic carbocycles. The number of nitrogens with zero attached hydrogens (tertiary/aromatic N) is 2. The zero-order valence-corrected chi connectivity index (χ0v) is 13.3. The SMILES string of the molecule is COc1ncc(Cl)c(NCC2(CC(C)C)CCCC2)n1. The highest BCUT2D eigenvalue weighted by molar-refractivity contribution is 6.32. The fourth-order valence-corrected chi connectivity index (χ4v) is 3.45. The molecule has 1 fully saturated rings. The first kappa shape index (κ1) is 15.4. The van der Waals surface area contributed by atoms with Crippen LogP contribution in [-0.4, -0.2) is 23.6 Å². The maximum absolute atomic E-state index is 6.15. The highest BCUT2D eigenvalue weighted by atomic mass is 35.5. The molecular weight excluding hydrogens is 274 g/mol. The molecule has 4 nitrogen and oxygen atoms in total. The second kappa shape index (κ2) is 6.61. The molecule has 0 aromatic carbocycles. The first-order valence-electron chi connectivity index (χ1n) is 7.35. The fourth-order valence-electron chi connectivity index (χ4n) is 3.29. The minimum atomic E-state index is 0.348. The lowest BCUT2D eigenvalue weighted by Gasteiger charge is -2.31. The first-order valence-corrected chi connectivity index (χ1v) is 7.73. The molecule has 0 aliphatic heterocycles. The van der Waals surface area contributed by atoms with Gasteiger partial charge in [-0.1, -0.05) is 38.3 Å². The smallest absolute Gasteiger partial charge is 0.318 e. The van der Waals surface area contributed by atoms with E-state index in [1.54, 1.807) is 13.3 Å². The van der Waals surface area contributed by atoms with Gasteiger partial charge in [0.15, 0.2) is 5.82 Å². The van der Waals surface area contributed by atoms with Crippen molar-refractivity contribution in [3.05, 3.63) is 11.2 Å². The number of aromatic nitrogens is 2. The highest BCUT2D eigenvalue weighted by Crippen LogP contribution is 2.43. The van der Waals surface area contributed by atoms with E-state index in [1.807, 2.05) is 0 Å². The molecule has 1 N–H and O–H groups in total. The van der Waals surface area contributed by atoms with Crippen LogP contribution in [0.2, 0.25) is 5.02 Å². The molecule has 1 heterocycles. The number of anilines is 1. The molecule has 0 atom stereocenters. The lowest BCUT2D eigenvalue weighted by Crippen LogP contribution is -2.29. The Morgan fingerprint density at radius 2 is 2.10 bits per heavy atom. The Balaban J connectivity index is 2.06. The van der Waals surface area contributed by atoms with Gasteiger partial charge in [0.1, 0.15) is 5.02 Å². The van der Waals surface area contributed by atoms with Crippen LogP contribution in [0.1, 0.15) is 46.0 Å². The van der Waals surface area contributed by atoms with Gasteiger partial charge in [-0.25, -0.2) is 4.98 Å². The Morgan fingerprint density at radius 1 is 1.40 bits per heavy atom. The predicted octanol–water partition coefficient (Wildman–Crippen LogP) is 4.16. The van der Waals surface area contributed by atoms with Gasteiger partial charge in [0.25, 0.3) is 0 Å². The third kappa shape index (κ3) is 3.75. The molecule has 0 amide bonds. The number of nitrogens with one attached hydrogen (secondary N) is 1. The average molecular weight is 298 g/mol. The van der Waals surface area contributed by atoms with E-state index in [9.17, 15) is 0 Å². The predicted molar refractivity (Wildman–Crippen MR) is 82.4 cm³/mol. The summed E-state index contributed by atoms with van der Waals surface area (Å²) in [5.74, 6) is 1.39. The van der Waals surface area contributed by atoms with Crippen molar-refractivity contribution >= 4 is 17.4 Å². The summed E-state index contributed by atoms with van der Waals surface area (Å²) in [5.41, 5.74) is 0.385. The standard InChI is InChI=1S/C15H24ClN3O/c1-11(2)8-15(6-4-5-7-15)10-18-13-12(16)9-17-14(19-13)20-3/h9,11H,4-8,10H2,1-3H3,(H,17,18,19). The van der Waals surface area contributed by atoms with Crippen LogP contribution >= 0.6 is 11.6 Å². The Kier molecular flexibility index (Phi) is 5.08. The second-order valence-electron chi connectivity index (χ2n) is 6.21. The quantitative estimate of drug-likeness (QED) is 0.856. The van der Waals surface area contributed by atoms with E-state index in [0.717, 1.165) is 6.54 Å². The van der Waals surface area contributed by atoms with Gasteiger partial charge in [-0.2, -0.15) is 4.98 Å². The first-order chi connectivity index (χ1) is 9.54. The van der Waals surface area contributed by atoms with Crippen molar-refractivity contribution in [2.75, 3.05) is 19.0 Å². The third-order valence-corrected chi connectivity index (χ3v) is 4.32. The van der Waals surface area contributed by atoms with Crippen LogP contribution in [0.15, 0.2) is 6.20 Å². The monoisotopic (exact) mass is 297 g/mol. The minimum absolute atomic E-state index is 0.348. The molecule has 2 rings (SSSR count). The summed E-state index contributed by atoms with van der Waals surface area (Å²) in [6.07, 6.45) is 8.07. The van der Waals surface area contributed by atoms with Crippen molar-refractivity contribution in [2.24, 2.45) is 11.3 Å².